The number of nitrogens with one attached hydrogen (secondary N) is 2. The summed E-state index contributed by atoms with van der Waals surface area (Å²) in [5.74, 6) is 1.91. The van der Waals surface area contributed by atoms with Crippen molar-refractivity contribution in [3.8, 4) is 0 Å². The molecule has 2 N–H and O–H groups in total. The van der Waals surface area contributed by atoms with E-state index in [2.05, 4.69) is 15.5 Å². The highest BCUT2D eigenvalue weighted by atomic mass is 16.5. The monoisotopic (exact) mass is 234 g/mol. The van der Waals surface area contributed by atoms with Gasteiger partial charge in [0.15, 0.2) is 5.82 Å². The number of anilines is 1. The van der Waals surface area contributed by atoms with Crippen molar-refractivity contribution < 1.29 is 9.53 Å². The number of aromatic nitrogens is 2. The second-order valence-corrected chi connectivity index (χ2v) is 4.61. The number of amides is 1. The van der Waals surface area contributed by atoms with Crippen LogP contribution >= 0.6 is 0 Å². The predicted octanol–water partition coefficient (Wildman–Crippen LogP) is 1.63. The van der Waals surface area contributed by atoms with E-state index in [0.29, 0.717) is 12.4 Å². The number of H-pyrrole nitrogens is 1. The van der Waals surface area contributed by atoms with Crippen LogP contribution in [0.1, 0.15) is 37.8 Å². The zero-order valence-corrected chi connectivity index (χ0v) is 9.66. The molecule has 1 saturated carbocycles. The summed E-state index contributed by atoms with van der Waals surface area (Å²) in [5.41, 5.74) is 1.05. The minimum absolute atomic E-state index is 0.0841. The molecule has 2 heterocycles. The van der Waals surface area contributed by atoms with E-state index in [9.17, 15) is 4.79 Å². The average Bonchev–Trinajstić information content (AvgIpc) is 2.85. The second-order valence-electron chi connectivity index (χ2n) is 4.61. The third-order valence-corrected chi connectivity index (χ3v) is 3.39. The highest BCUT2D eigenvalue weighted by Gasteiger charge is 2.25. The topological polar surface area (TPSA) is 67.0 Å². The number of nitrogens with zero attached hydrogens (tertiary/aromatic N) is 1. The van der Waals surface area contributed by atoms with Gasteiger partial charge in [0.05, 0.1) is 0 Å². The van der Waals surface area contributed by atoms with Gasteiger partial charge in [-0.3, -0.25) is 9.89 Å². The summed E-state index contributed by atoms with van der Waals surface area (Å²) in [6, 6.07) is 1.90. The van der Waals surface area contributed by atoms with E-state index >= 15 is 0 Å². The zero-order chi connectivity index (χ0) is 11.7. The first-order valence-corrected chi connectivity index (χ1v) is 6.16. The summed E-state index contributed by atoms with van der Waals surface area (Å²) < 4.78 is 5.32. The molecule has 0 bridgehead atoms. The molecular formula is C12H16N3O2. The molecule has 3 rings (SSSR count). The SMILES string of the molecule is O=C(Nc1cc([C]2CCC2)[nH]n1)[C@H]1CCCO1. The summed E-state index contributed by atoms with van der Waals surface area (Å²) in [5, 5.41) is 9.85. The molecule has 1 radical (unpaired) electrons. The van der Waals surface area contributed by atoms with Crippen LogP contribution in [0.15, 0.2) is 6.07 Å². The first kappa shape index (κ1) is 10.8. The summed E-state index contributed by atoms with van der Waals surface area (Å²) in [4.78, 5) is 11.8. The van der Waals surface area contributed by atoms with Crippen molar-refractivity contribution in [1.29, 1.82) is 0 Å². The number of rotatable bonds is 3. The Morgan fingerprint density at radius 1 is 1.47 bits per heavy atom. The Kier molecular flexibility index (Phi) is 2.84. The van der Waals surface area contributed by atoms with Crippen LogP contribution in [0.2, 0.25) is 0 Å². The second kappa shape index (κ2) is 4.49. The molecule has 2 fully saturated rings. The Bertz CT molecular complexity index is 406. The molecule has 1 atom stereocenters. The van der Waals surface area contributed by atoms with Gasteiger partial charge in [-0.2, -0.15) is 5.10 Å². The minimum atomic E-state index is -0.300. The number of carbonyl (C=O) groups excluding carboxylic acids is 1. The van der Waals surface area contributed by atoms with Crippen LogP contribution in [0.3, 0.4) is 0 Å². The zero-order valence-electron chi connectivity index (χ0n) is 9.66. The Balaban J connectivity index is 1.60. The van der Waals surface area contributed by atoms with E-state index in [4.69, 9.17) is 4.74 Å². The molecule has 17 heavy (non-hydrogen) atoms. The quantitative estimate of drug-likeness (QED) is 0.835. The normalized spacial score (nSPS) is 24.6. The predicted molar refractivity (Wildman–Crippen MR) is 62.4 cm³/mol. The first-order chi connectivity index (χ1) is 8.33. The minimum Gasteiger partial charge on any atom is -0.368 e. The van der Waals surface area contributed by atoms with Gasteiger partial charge in [-0.15, -0.1) is 0 Å². The first-order valence-electron chi connectivity index (χ1n) is 6.16. The summed E-state index contributed by atoms with van der Waals surface area (Å²) in [6.07, 6.45) is 5.00. The Morgan fingerprint density at radius 2 is 2.35 bits per heavy atom. The van der Waals surface area contributed by atoms with Crippen LogP contribution in [0.25, 0.3) is 0 Å². The van der Waals surface area contributed by atoms with Crippen LogP contribution < -0.4 is 5.32 Å². The van der Waals surface area contributed by atoms with Gasteiger partial charge in [-0.1, -0.05) is 6.42 Å². The van der Waals surface area contributed by atoms with Gasteiger partial charge >= 0.3 is 0 Å². The number of ether oxygens (including phenoxy) is 1. The van der Waals surface area contributed by atoms with Crippen LogP contribution in [0.5, 0.6) is 0 Å². The van der Waals surface area contributed by atoms with E-state index in [1.54, 1.807) is 0 Å². The number of hydrogen-bond acceptors (Lipinski definition) is 3. The fourth-order valence-electron chi connectivity index (χ4n) is 2.18. The van der Waals surface area contributed by atoms with E-state index in [0.717, 1.165) is 31.4 Å². The largest absolute Gasteiger partial charge is 0.368 e. The Labute approximate surface area is 99.9 Å². The fourth-order valence-corrected chi connectivity index (χ4v) is 2.18. The Morgan fingerprint density at radius 3 is 3.00 bits per heavy atom. The van der Waals surface area contributed by atoms with E-state index < -0.39 is 0 Å². The van der Waals surface area contributed by atoms with Crippen molar-refractivity contribution in [2.45, 2.75) is 38.2 Å². The molecule has 2 aliphatic rings. The third-order valence-electron chi connectivity index (χ3n) is 3.39. The van der Waals surface area contributed by atoms with Gasteiger partial charge in [0.1, 0.15) is 6.10 Å². The van der Waals surface area contributed by atoms with Crippen LogP contribution in [0.4, 0.5) is 5.82 Å². The van der Waals surface area contributed by atoms with E-state index in [-0.39, 0.29) is 12.0 Å². The summed E-state index contributed by atoms with van der Waals surface area (Å²) in [6.45, 7) is 0.682. The standard InChI is InChI=1S/C12H16N3O2/c16-12(10-5-2-6-17-10)13-11-7-9(14-15-11)8-3-1-4-8/h7,10H,1-6H2,(H2,13,14,15,16)/t10-/m1/s1. The molecule has 0 unspecified atom stereocenters. The molecule has 0 aromatic carbocycles. The summed E-state index contributed by atoms with van der Waals surface area (Å²) >= 11 is 0. The van der Waals surface area contributed by atoms with Crippen molar-refractivity contribution in [3.63, 3.8) is 0 Å². The van der Waals surface area contributed by atoms with Gasteiger partial charge < -0.3 is 10.1 Å². The molecule has 1 aliphatic carbocycles. The third kappa shape index (κ3) is 2.20. The average molecular weight is 234 g/mol. The maximum Gasteiger partial charge on any atom is 0.254 e. The maximum absolute atomic E-state index is 11.8. The molecular weight excluding hydrogens is 218 g/mol. The van der Waals surface area contributed by atoms with Crippen LogP contribution in [0, 0.1) is 5.92 Å². The molecule has 1 aromatic rings. The lowest BCUT2D eigenvalue weighted by atomic mass is 9.83. The lowest BCUT2D eigenvalue weighted by molar-refractivity contribution is -0.124. The molecule has 1 amide bonds. The van der Waals surface area contributed by atoms with Gasteiger partial charge in [0.2, 0.25) is 0 Å². The van der Waals surface area contributed by atoms with E-state index in [1.165, 1.54) is 12.3 Å². The lowest BCUT2D eigenvalue weighted by Gasteiger charge is -2.22. The molecule has 0 spiro atoms. The number of carbonyl (C=O) groups is 1. The van der Waals surface area contributed by atoms with Crippen molar-refractivity contribution in [2.24, 2.45) is 0 Å². The molecule has 1 saturated heterocycles. The van der Waals surface area contributed by atoms with Gasteiger partial charge in [-0.25, -0.2) is 0 Å². The van der Waals surface area contributed by atoms with E-state index in [1.807, 2.05) is 6.07 Å². The molecule has 1 aromatic heterocycles. The van der Waals surface area contributed by atoms with Gasteiger partial charge in [0.25, 0.3) is 5.91 Å². The number of aromatic amines is 1. The van der Waals surface area contributed by atoms with Crippen molar-refractivity contribution >= 4 is 11.7 Å². The fraction of sp³-hybridized carbons (Fsp3) is 0.583. The van der Waals surface area contributed by atoms with Crippen molar-refractivity contribution in [3.05, 3.63) is 17.7 Å². The Hall–Kier alpha value is -1.36. The highest BCUT2D eigenvalue weighted by molar-refractivity contribution is 5.93. The van der Waals surface area contributed by atoms with Crippen LogP contribution in [-0.4, -0.2) is 28.8 Å². The highest BCUT2D eigenvalue weighted by Crippen LogP contribution is 2.34. The smallest absolute Gasteiger partial charge is 0.254 e. The van der Waals surface area contributed by atoms with Crippen LogP contribution in [-0.2, 0) is 9.53 Å². The van der Waals surface area contributed by atoms with Crippen molar-refractivity contribution in [1.82, 2.24) is 10.2 Å². The summed E-state index contributed by atoms with van der Waals surface area (Å²) in [7, 11) is 0. The molecule has 5 nitrogen and oxygen atoms in total. The van der Waals surface area contributed by atoms with Crippen molar-refractivity contribution in [2.75, 3.05) is 11.9 Å². The molecule has 5 heteroatoms. The lowest BCUT2D eigenvalue weighted by Crippen LogP contribution is -2.26. The maximum atomic E-state index is 11.8. The van der Waals surface area contributed by atoms with Gasteiger partial charge in [-0.05, 0) is 25.7 Å². The number of hydrogen-bond donors (Lipinski definition) is 2. The molecule has 91 valence electrons. The molecule has 1 aliphatic heterocycles. The van der Waals surface area contributed by atoms with Gasteiger partial charge in [0, 0.05) is 24.3 Å².